The predicted molar refractivity (Wildman–Crippen MR) is 119 cm³/mol. The number of nitrogens with one attached hydrogen (secondary N) is 3. The average Bonchev–Trinajstić information content (AvgIpc) is 3.19. The van der Waals surface area contributed by atoms with Gasteiger partial charge in [-0.2, -0.15) is 5.10 Å². The monoisotopic (exact) mass is 405 g/mol. The van der Waals surface area contributed by atoms with Gasteiger partial charge in [-0.05, 0) is 24.1 Å². The topological polar surface area (TPSA) is 55.8 Å². The highest BCUT2D eigenvalue weighted by molar-refractivity contribution is 5.91. The molecule has 0 aliphatic carbocycles. The van der Waals surface area contributed by atoms with Gasteiger partial charge in [-0.25, -0.2) is 4.68 Å². The lowest BCUT2D eigenvalue weighted by Gasteiger charge is -2.26. The second kappa shape index (κ2) is 9.24. The number of nitrogens with zero attached hydrogens (tertiary/aromatic N) is 2. The van der Waals surface area contributed by atoms with E-state index < -0.39 is 0 Å². The fraction of sp³-hybridized carbons (Fsp3) is 0.333. The number of likely N-dealkylation sites (N-methyl/N-ethyl adjacent to an activating group) is 1. The third-order valence-electron chi connectivity index (χ3n) is 5.86. The lowest BCUT2D eigenvalue weighted by Crippen LogP contribution is -3.27. The van der Waals surface area contributed by atoms with Crippen LogP contribution in [0.15, 0.2) is 60.7 Å². The molecule has 30 heavy (non-hydrogen) atoms. The normalized spacial score (nSPS) is 18.9. The molecule has 6 nitrogen and oxygen atoms in total. The van der Waals surface area contributed by atoms with Gasteiger partial charge in [-0.1, -0.05) is 49.4 Å². The van der Waals surface area contributed by atoms with Gasteiger partial charge in [0.05, 0.1) is 18.4 Å². The molecule has 1 fully saturated rings. The summed E-state index contributed by atoms with van der Waals surface area (Å²) in [5, 5.41) is 7.92. The van der Waals surface area contributed by atoms with E-state index in [2.05, 4.69) is 43.6 Å². The summed E-state index contributed by atoms with van der Waals surface area (Å²) in [4.78, 5) is 15.7. The van der Waals surface area contributed by atoms with E-state index in [1.54, 1.807) is 4.90 Å². The van der Waals surface area contributed by atoms with Crippen LogP contribution < -0.4 is 15.1 Å². The van der Waals surface area contributed by atoms with Gasteiger partial charge in [0.2, 0.25) is 0 Å². The molecule has 0 unspecified atom stereocenters. The SMILES string of the molecule is CCc1ccc(-c2cc(NC(=O)C[NH+]3CC[NH+](C)CC3)n(-c3ccccc3)n2)cc1. The molecule has 1 saturated heterocycles. The van der Waals surface area contributed by atoms with Crippen LogP contribution >= 0.6 is 0 Å². The number of hydrogen-bond acceptors (Lipinski definition) is 2. The summed E-state index contributed by atoms with van der Waals surface area (Å²) in [5.74, 6) is 0.745. The van der Waals surface area contributed by atoms with Gasteiger partial charge in [0, 0.05) is 11.6 Å². The van der Waals surface area contributed by atoms with Gasteiger partial charge in [0.1, 0.15) is 32.0 Å². The van der Waals surface area contributed by atoms with Crippen molar-refractivity contribution in [3.05, 3.63) is 66.2 Å². The molecule has 156 valence electrons. The summed E-state index contributed by atoms with van der Waals surface area (Å²) in [6, 6.07) is 20.4. The van der Waals surface area contributed by atoms with Crippen LogP contribution in [-0.4, -0.2) is 55.5 Å². The quantitative estimate of drug-likeness (QED) is 0.558. The molecule has 3 aromatic rings. The van der Waals surface area contributed by atoms with E-state index in [1.165, 1.54) is 10.5 Å². The smallest absolute Gasteiger partial charge is 0.280 e. The Kier molecular flexibility index (Phi) is 6.26. The number of benzene rings is 2. The third kappa shape index (κ3) is 4.78. The van der Waals surface area contributed by atoms with Gasteiger partial charge in [0.25, 0.3) is 5.91 Å². The van der Waals surface area contributed by atoms with Crippen LogP contribution in [0.4, 0.5) is 5.82 Å². The summed E-state index contributed by atoms with van der Waals surface area (Å²) in [7, 11) is 2.21. The molecule has 1 aliphatic rings. The van der Waals surface area contributed by atoms with E-state index in [4.69, 9.17) is 5.10 Å². The highest BCUT2D eigenvalue weighted by atomic mass is 16.2. The molecule has 0 radical (unpaired) electrons. The number of quaternary nitrogens is 2. The van der Waals surface area contributed by atoms with Crippen molar-refractivity contribution in [1.82, 2.24) is 9.78 Å². The summed E-state index contributed by atoms with van der Waals surface area (Å²) >= 11 is 0. The van der Waals surface area contributed by atoms with E-state index in [-0.39, 0.29) is 5.91 Å². The highest BCUT2D eigenvalue weighted by Crippen LogP contribution is 2.25. The lowest BCUT2D eigenvalue weighted by atomic mass is 10.1. The molecule has 2 heterocycles. The van der Waals surface area contributed by atoms with E-state index in [1.807, 2.05) is 41.1 Å². The van der Waals surface area contributed by atoms with Crippen molar-refractivity contribution < 1.29 is 14.6 Å². The van der Waals surface area contributed by atoms with Crippen molar-refractivity contribution in [1.29, 1.82) is 0 Å². The first-order chi connectivity index (χ1) is 14.6. The number of para-hydroxylation sites is 1. The van der Waals surface area contributed by atoms with Crippen molar-refractivity contribution in [2.24, 2.45) is 0 Å². The number of hydrogen-bond donors (Lipinski definition) is 3. The molecule has 3 N–H and O–H groups in total. The largest absolute Gasteiger partial charge is 0.328 e. The number of rotatable bonds is 6. The van der Waals surface area contributed by atoms with E-state index in [0.717, 1.165) is 49.5 Å². The van der Waals surface area contributed by atoms with Crippen LogP contribution in [0.1, 0.15) is 12.5 Å². The Morgan fingerprint density at radius 2 is 1.73 bits per heavy atom. The lowest BCUT2D eigenvalue weighted by molar-refractivity contribution is -0.999. The van der Waals surface area contributed by atoms with Crippen molar-refractivity contribution in [3.8, 4) is 16.9 Å². The van der Waals surface area contributed by atoms with E-state index in [9.17, 15) is 4.79 Å². The van der Waals surface area contributed by atoms with Crippen molar-refractivity contribution in [2.45, 2.75) is 13.3 Å². The Bertz CT molecular complexity index is 973. The Labute approximate surface area is 178 Å². The molecule has 2 aromatic carbocycles. The molecule has 4 rings (SSSR count). The standard InChI is InChI=1S/C24H29N5O/c1-3-19-9-11-20(12-10-19)22-17-23(29(26-22)21-7-5-4-6-8-21)25-24(30)18-28-15-13-27(2)14-16-28/h4-12,17H,3,13-16,18H2,1-2H3,(H,25,30)/p+2. The number of aryl methyl sites for hydroxylation is 1. The summed E-state index contributed by atoms with van der Waals surface area (Å²) in [6.45, 7) is 6.94. The number of anilines is 1. The van der Waals surface area contributed by atoms with Crippen molar-refractivity contribution in [3.63, 3.8) is 0 Å². The van der Waals surface area contributed by atoms with Gasteiger partial charge in [-0.3, -0.25) is 4.79 Å². The molecule has 0 saturated carbocycles. The van der Waals surface area contributed by atoms with Crippen LogP contribution in [-0.2, 0) is 11.2 Å². The average molecular weight is 406 g/mol. The summed E-state index contributed by atoms with van der Waals surface area (Å²) in [5.41, 5.74) is 4.13. The van der Waals surface area contributed by atoms with Crippen LogP contribution in [0.25, 0.3) is 16.9 Å². The molecule has 1 aromatic heterocycles. The first-order valence-corrected chi connectivity index (χ1v) is 10.8. The second-order valence-corrected chi connectivity index (χ2v) is 8.14. The fourth-order valence-corrected chi connectivity index (χ4v) is 3.91. The molecule has 0 atom stereocenters. The predicted octanol–water partition coefficient (Wildman–Crippen LogP) is 0.453. The Balaban J connectivity index is 1.57. The number of amides is 1. The van der Waals surface area contributed by atoms with Crippen LogP contribution in [0, 0.1) is 0 Å². The zero-order chi connectivity index (χ0) is 20.9. The number of aromatic nitrogens is 2. The van der Waals surface area contributed by atoms with Crippen LogP contribution in [0.2, 0.25) is 0 Å². The molecule has 6 heteroatoms. The molecular weight excluding hydrogens is 374 g/mol. The first kappa shape index (κ1) is 20.3. The van der Waals surface area contributed by atoms with Gasteiger partial charge in [0.15, 0.2) is 6.54 Å². The van der Waals surface area contributed by atoms with Crippen molar-refractivity contribution >= 4 is 11.7 Å². The molecule has 0 bridgehead atoms. The van der Waals surface area contributed by atoms with Gasteiger partial charge >= 0.3 is 0 Å². The first-order valence-electron chi connectivity index (χ1n) is 10.8. The molecule has 1 amide bonds. The van der Waals surface area contributed by atoms with Crippen LogP contribution in [0.3, 0.4) is 0 Å². The Morgan fingerprint density at radius 3 is 2.40 bits per heavy atom. The molecular formula is C24H31N5O+2. The van der Waals surface area contributed by atoms with E-state index >= 15 is 0 Å². The number of carbonyl (C=O) groups excluding carboxylic acids is 1. The molecule has 0 spiro atoms. The highest BCUT2D eigenvalue weighted by Gasteiger charge is 2.23. The zero-order valence-corrected chi connectivity index (χ0v) is 17.8. The summed E-state index contributed by atoms with van der Waals surface area (Å²) < 4.78 is 1.82. The maximum atomic E-state index is 12.8. The van der Waals surface area contributed by atoms with Gasteiger partial charge in [-0.15, -0.1) is 0 Å². The molecule has 1 aliphatic heterocycles. The second-order valence-electron chi connectivity index (χ2n) is 8.14. The zero-order valence-electron chi connectivity index (χ0n) is 17.8. The summed E-state index contributed by atoms with van der Waals surface area (Å²) in [6.07, 6.45) is 1.01. The Hall–Kier alpha value is -2.96. The minimum absolute atomic E-state index is 0.0366. The number of carbonyl (C=O) groups is 1. The number of piperazine rings is 1. The van der Waals surface area contributed by atoms with E-state index in [0.29, 0.717) is 12.4 Å². The van der Waals surface area contributed by atoms with Gasteiger partial charge < -0.3 is 15.1 Å². The minimum Gasteiger partial charge on any atom is -0.328 e. The maximum Gasteiger partial charge on any atom is 0.280 e. The maximum absolute atomic E-state index is 12.8. The third-order valence-corrected chi connectivity index (χ3v) is 5.86. The van der Waals surface area contributed by atoms with Crippen LogP contribution in [0.5, 0.6) is 0 Å². The fourth-order valence-electron chi connectivity index (χ4n) is 3.91. The Morgan fingerprint density at radius 1 is 1.03 bits per heavy atom. The van der Waals surface area contributed by atoms with Crippen molar-refractivity contribution in [2.75, 3.05) is 45.1 Å². The minimum atomic E-state index is 0.0366.